The van der Waals surface area contributed by atoms with Gasteiger partial charge in [0.2, 0.25) is 0 Å². The maximum absolute atomic E-state index is 12.6. The van der Waals surface area contributed by atoms with E-state index in [4.69, 9.17) is 32.5 Å². The zero-order valence-electron chi connectivity index (χ0n) is 13.6. The van der Waals surface area contributed by atoms with E-state index in [-0.39, 0.29) is 10.7 Å². The van der Waals surface area contributed by atoms with Crippen LogP contribution in [0.1, 0.15) is 15.9 Å². The molecule has 8 heteroatoms. The lowest BCUT2D eigenvalue weighted by molar-refractivity contribution is 0.103. The van der Waals surface area contributed by atoms with Crippen LogP contribution in [0.25, 0.3) is 0 Å². The fourth-order valence-corrected chi connectivity index (χ4v) is 3.17. The highest BCUT2D eigenvalue weighted by molar-refractivity contribution is 7.85. The summed E-state index contributed by atoms with van der Waals surface area (Å²) in [6.07, 6.45) is 0. The molecular formula is C19H12Cl2O5S. The second kappa shape index (κ2) is 7.70. The van der Waals surface area contributed by atoms with Crippen LogP contribution in [0, 0.1) is 0 Å². The van der Waals surface area contributed by atoms with Gasteiger partial charge in [0, 0.05) is 16.1 Å². The number of benzene rings is 3. The SMILES string of the molecule is O=C(c1ccc(Oc2ccc(S(=O)(=O)O)cc2)cc1)c1cc(Cl)ccc1Cl. The summed E-state index contributed by atoms with van der Waals surface area (Å²) in [6, 6.07) is 16.3. The Morgan fingerprint density at radius 3 is 1.96 bits per heavy atom. The lowest BCUT2D eigenvalue weighted by Gasteiger charge is -2.08. The van der Waals surface area contributed by atoms with E-state index in [1.54, 1.807) is 36.4 Å². The van der Waals surface area contributed by atoms with Crippen LogP contribution in [0.4, 0.5) is 0 Å². The second-order valence-electron chi connectivity index (χ2n) is 5.53. The molecule has 1 N–H and O–H groups in total. The van der Waals surface area contributed by atoms with E-state index in [1.807, 2.05) is 0 Å². The number of hydrogen-bond donors (Lipinski definition) is 1. The Hall–Kier alpha value is -2.38. The van der Waals surface area contributed by atoms with Crippen LogP contribution in [-0.2, 0) is 10.1 Å². The summed E-state index contributed by atoms with van der Waals surface area (Å²) in [5.41, 5.74) is 0.715. The molecule has 0 amide bonds. The number of carbonyl (C=O) groups excluding carboxylic acids is 1. The third-order valence-electron chi connectivity index (χ3n) is 3.65. The monoisotopic (exact) mass is 422 g/mol. The predicted octanol–water partition coefficient (Wildman–Crippen LogP) is 5.26. The van der Waals surface area contributed by atoms with Crippen molar-refractivity contribution < 1.29 is 22.5 Å². The van der Waals surface area contributed by atoms with Gasteiger partial charge in [0.25, 0.3) is 10.1 Å². The van der Waals surface area contributed by atoms with Crippen molar-refractivity contribution in [1.29, 1.82) is 0 Å². The van der Waals surface area contributed by atoms with Crippen molar-refractivity contribution in [1.82, 2.24) is 0 Å². The van der Waals surface area contributed by atoms with Gasteiger partial charge in [0.05, 0.1) is 9.92 Å². The van der Waals surface area contributed by atoms with Crippen LogP contribution in [0.5, 0.6) is 11.5 Å². The first-order valence-electron chi connectivity index (χ1n) is 7.59. The van der Waals surface area contributed by atoms with Crippen LogP contribution >= 0.6 is 23.2 Å². The number of ketones is 1. The molecule has 138 valence electrons. The molecule has 0 atom stereocenters. The molecule has 0 heterocycles. The van der Waals surface area contributed by atoms with E-state index in [0.29, 0.717) is 32.7 Å². The molecule has 3 aromatic carbocycles. The highest BCUT2D eigenvalue weighted by Gasteiger charge is 2.14. The Morgan fingerprint density at radius 1 is 0.852 bits per heavy atom. The van der Waals surface area contributed by atoms with Gasteiger partial charge in [-0.15, -0.1) is 0 Å². The molecule has 27 heavy (non-hydrogen) atoms. The number of ether oxygens (including phenoxy) is 1. The molecule has 0 aliphatic rings. The summed E-state index contributed by atoms with van der Waals surface area (Å²) in [6.45, 7) is 0. The van der Waals surface area contributed by atoms with Gasteiger partial charge in [-0.1, -0.05) is 23.2 Å². The lowest BCUT2D eigenvalue weighted by Crippen LogP contribution is -2.02. The highest BCUT2D eigenvalue weighted by atomic mass is 35.5. The summed E-state index contributed by atoms with van der Waals surface area (Å²) >= 11 is 12.0. The average molecular weight is 423 g/mol. The van der Waals surface area contributed by atoms with Gasteiger partial charge in [-0.05, 0) is 66.7 Å². The minimum absolute atomic E-state index is 0.228. The summed E-state index contributed by atoms with van der Waals surface area (Å²) in [4.78, 5) is 12.3. The lowest BCUT2D eigenvalue weighted by atomic mass is 10.0. The number of rotatable bonds is 5. The Balaban J connectivity index is 1.77. The fourth-order valence-electron chi connectivity index (χ4n) is 2.32. The van der Waals surface area contributed by atoms with E-state index in [1.165, 1.54) is 30.3 Å². The maximum Gasteiger partial charge on any atom is 0.294 e. The standard InChI is InChI=1S/C19H12Cl2O5S/c20-13-3-10-18(21)17(11-13)19(22)12-1-4-14(5-2-12)26-15-6-8-16(9-7-15)27(23,24)25/h1-11H,(H,23,24,25). The third-order valence-corrected chi connectivity index (χ3v) is 5.08. The minimum atomic E-state index is -4.25. The molecule has 0 saturated heterocycles. The molecule has 0 spiro atoms. The zero-order chi connectivity index (χ0) is 19.6. The van der Waals surface area contributed by atoms with E-state index in [0.717, 1.165) is 0 Å². The maximum atomic E-state index is 12.6. The van der Waals surface area contributed by atoms with Crippen molar-refractivity contribution >= 4 is 39.1 Å². The number of carbonyl (C=O) groups is 1. The van der Waals surface area contributed by atoms with E-state index in [9.17, 15) is 13.2 Å². The third kappa shape index (κ3) is 4.67. The van der Waals surface area contributed by atoms with E-state index < -0.39 is 10.1 Å². The number of hydrogen-bond acceptors (Lipinski definition) is 4. The van der Waals surface area contributed by atoms with Crippen molar-refractivity contribution in [2.24, 2.45) is 0 Å². The Labute approximate surface area is 165 Å². The molecule has 0 radical (unpaired) electrons. The first-order chi connectivity index (χ1) is 12.7. The first kappa shape index (κ1) is 19.4. The summed E-state index contributed by atoms with van der Waals surface area (Å²) in [5, 5.41) is 0.722. The average Bonchev–Trinajstić information content (AvgIpc) is 2.63. The molecule has 0 aliphatic heterocycles. The molecule has 5 nitrogen and oxygen atoms in total. The van der Waals surface area contributed by atoms with Crippen molar-refractivity contribution in [3.63, 3.8) is 0 Å². The summed E-state index contributed by atoms with van der Waals surface area (Å²) in [7, 11) is -4.25. The summed E-state index contributed by atoms with van der Waals surface area (Å²) in [5.74, 6) is 0.550. The van der Waals surface area contributed by atoms with Gasteiger partial charge in [-0.25, -0.2) is 0 Å². The molecule has 0 aliphatic carbocycles. The molecule has 3 rings (SSSR count). The van der Waals surface area contributed by atoms with Gasteiger partial charge in [-0.3, -0.25) is 9.35 Å². The minimum Gasteiger partial charge on any atom is -0.457 e. The van der Waals surface area contributed by atoms with Gasteiger partial charge in [-0.2, -0.15) is 8.42 Å². The molecule has 0 saturated carbocycles. The highest BCUT2D eigenvalue weighted by Crippen LogP contribution is 2.26. The Bertz CT molecular complexity index is 1090. The normalized spacial score (nSPS) is 11.2. The quantitative estimate of drug-likeness (QED) is 0.447. The van der Waals surface area contributed by atoms with Crippen LogP contribution in [0.15, 0.2) is 71.6 Å². The molecule has 0 fully saturated rings. The van der Waals surface area contributed by atoms with Gasteiger partial charge < -0.3 is 4.74 Å². The van der Waals surface area contributed by atoms with Crippen molar-refractivity contribution in [3.05, 3.63) is 87.9 Å². The van der Waals surface area contributed by atoms with Gasteiger partial charge in [0.1, 0.15) is 11.5 Å². The molecule has 0 unspecified atom stereocenters. The van der Waals surface area contributed by atoms with Crippen molar-refractivity contribution in [2.75, 3.05) is 0 Å². The van der Waals surface area contributed by atoms with Gasteiger partial charge in [0.15, 0.2) is 5.78 Å². The van der Waals surface area contributed by atoms with E-state index in [2.05, 4.69) is 0 Å². The Kier molecular flexibility index (Phi) is 5.53. The van der Waals surface area contributed by atoms with E-state index >= 15 is 0 Å². The zero-order valence-corrected chi connectivity index (χ0v) is 15.9. The molecule has 3 aromatic rings. The smallest absolute Gasteiger partial charge is 0.294 e. The number of halogens is 2. The predicted molar refractivity (Wildman–Crippen MR) is 103 cm³/mol. The van der Waals surface area contributed by atoms with Crippen LogP contribution in [0.3, 0.4) is 0 Å². The molecule has 0 aromatic heterocycles. The Morgan fingerprint density at radius 2 is 1.41 bits per heavy atom. The van der Waals surface area contributed by atoms with Crippen molar-refractivity contribution in [2.45, 2.75) is 4.90 Å². The summed E-state index contributed by atoms with van der Waals surface area (Å²) < 4.78 is 36.6. The van der Waals surface area contributed by atoms with Crippen LogP contribution in [-0.4, -0.2) is 18.8 Å². The first-order valence-corrected chi connectivity index (χ1v) is 9.79. The van der Waals surface area contributed by atoms with Crippen LogP contribution in [0.2, 0.25) is 10.0 Å². The fraction of sp³-hybridized carbons (Fsp3) is 0. The van der Waals surface area contributed by atoms with Gasteiger partial charge >= 0.3 is 0 Å². The topological polar surface area (TPSA) is 80.7 Å². The molecule has 0 bridgehead atoms. The van der Waals surface area contributed by atoms with Crippen LogP contribution < -0.4 is 4.74 Å². The second-order valence-corrected chi connectivity index (χ2v) is 7.79. The van der Waals surface area contributed by atoms with Crippen molar-refractivity contribution in [3.8, 4) is 11.5 Å². The largest absolute Gasteiger partial charge is 0.457 e. The molecular weight excluding hydrogens is 411 g/mol.